The molecule has 13 heavy (non-hydrogen) atoms. The van der Waals surface area contributed by atoms with Gasteiger partial charge in [-0.2, -0.15) is 0 Å². The molecule has 0 fully saturated rings. The van der Waals surface area contributed by atoms with Crippen molar-refractivity contribution in [2.75, 3.05) is 7.05 Å². The van der Waals surface area contributed by atoms with Crippen LogP contribution in [0.1, 0.15) is 34.1 Å². The highest BCUT2D eigenvalue weighted by atomic mass is 28.3. The van der Waals surface area contributed by atoms with Gasteiger partial charge in [0.1, 0.15) is 0 Å². The van der Waals surface area contributed by atoms with E-state index in [1.54, 1.807) is 5.32 Å². The number of allylic oxidation sites excluding steroid dienone is 1. The zero-order valence-electron chi connectivity index (χ0n) is 10.3. The van der Waals surface area contributed by atoms with Crippen molar-refractivity contribution in [1.82, 2.24) is 4.90 Å². The first-order chi connectivity index (χ1) is 5.80. The summed E-state index contributed by atoms with van der Waals surface area (Å²) in [4.78, 5) is 2.44. The van der Waals surface area contributed by atoms with Gasteiger partial charge < -0.3 is 4.90 Å². The molecule has 0 aliphatic rings. The van der Waals surface area contributed by atoms with Crippen LogP contribution in [0, 0.1) is 0 Å². The molecule has 0 aromatic carbocycles. The molecule has 1 nitrogen and oxygen atoms in total. The summed E-state index contributed by atoms with van der Waals surface area (Å²) in [6.45, 7) is 13.8. The van der Waals surface area contributed by atoms with Crippen molar-refractivity contribution in [1.29, 1.82) is 0 Å². The molecule has 78 valence electrons. The van der Waals surface area contributed by atoms with E-state index in [1.807, 2.05) is 0 Å². The van der Waals surface area contributed by atoms with E-state index in [4.69, 9.17) is 0 Å². The molecule has 0 N–H and O–H groups in total. The lowest BCUT2D eigenvalue weighted by Gasteiger charge is -2.37. The van der Waals surface area contributed by atoms with Gasteiger partial charge in [0.25, 0.3) is 0 Å². The van der Waals surface area contributed by atoms with Crippen LogP contribution in [0.15, 0.2) is 11.4 Å². The van der Waals surface area contributed by atoms with Gasteiger partial charge in [-0.1, -0.05) is 26.1 Å². The second-order valence-electron chi connectivity index (χ2n) is 4.92. The molecule has 0 atom stereocenters. The van der Waals surface area contributed by atoms with Crippen molar-refractivity contribution in [3.8, 4) is 0 Å². The molecular weight excluding hydrogens is 174 g/mol. The molecular formula is C11H25NSi. The summed E-state index contributed by atoms with van der Waals surface area (Å²) in [5.74, 6) is 0. The molecule has 0 amide bonds. The molecule has 0 aromatic rings. The second-order valence-corrected chi connectivity index (χ2v) is 7.82. The molecule has 0 unspecified atom stereocenters. The molecule has 0 rings (SSSR count). The van der Waals surface area contributed by atoms with Crippen molar-refractivity contribution < 1.29 is 0 Å². The maximum atomic E-state index is 2.44. The van der Waals surface area contributed by atoms with Crippen LogP contribution in [-0.4, -0.2) is 26.3 Å². The van der Waals surface area contributed by atoms with E-state index in [0.29, 0.717) is 0 Å². The largest absolute Gasteiger partial charge is 0.377 e. The molecule has 2 heteroatoms. The van der Waals surface area contributed by atoms with E-state index >= 15 is 0 Å². The Kier molecular flexibility index (Phi) is 4.75. The van der Waals surface area contributed by atoms with Gasteiger partial charge in [-0.3, -0.25) is 0 Å². The van der Waals surface area contributed by atoms with Crippen molar-refractivity contribution in [3.63, 3.8) is 0 Å². The van der Waals surface area contributed by atoms with E-state index in [9.17, 15) is 0 Å². The van der Waals surface area contributed by atoms with Crippen LogP contribution in [-0.2, 0) is 0 Å². The summed E-state index contributed by atoms with van der Waals surface area (Å²) in [5.41, 5.74) is 0.262. The van der Waals surface area contributed by atoms with Crippen LogP contribution in [0.25, 0.3) is 0 Å². The zero-order chi connectivity index (χ0) is 10.6. The molecule has 0 aromatic heterocycles. The lowest BCUT2D eigenvalue weighted by Crippen LogP contribution is -2.40. The Balaban J connectivity index is 4.67. The van der Waals surface area contributed by atoms with E-state index in [1.165, 1.54) is 0 Å². The standard InChI is InChI=1S/C11H25NSi/c1-8-9-10(13(6)7)12(5)11(2,3)4/h9,13H,8H2,1-7H3/b10-9-. The fourth-order valence-corrected chi connectivity index (χ4v) is 3.23. The lowest BCUT2D eigenvalue weighted by molar-refractivity contribution is 0.239. The Morgan fingerprint density at radius 2 is 1.77 bits per heavy atom. The molecule has 0 bridgehead atoms. The van der Waals surface area contributed by atoms with Gasteiger partial charge in [-0.05, 0) is 32.5 Å². The quantitative estimate of drug-likeness (QED) is 0.632. The van der Waals surface area contributed by atoms with Crippen LogP contribution >= 0.6 is 0 Å². The third kappa shape index (κ3) is 3.99. The SMILES string of the molecule is CC/C=C(/N(C)C(C)(C)C)[SiH](C)C. The van der Waals surface area contributed by atoms with Crippen LogP contribution in [0.3, 0.4) is 0 Å². The molecule has 0 saturated carbocycles. The Morgan fingerprint density at radius 1 is 1.31 bits per heavy atom. The third-order valence-electron chi connectivity index (χ3n) is 2.40. The summed E-state index contributed by atoms with van der Waals surface area (Å²) in [6, 6.07) is 0. The normalized spacial score (nSPS) is 13.7. The topological polar surface area (TPSA) is 3.24 Å². The first-order valence-corrected chi connectivity index (χ1v) is 8.13. The van der Waals surface area contributed by atoms with Crippen molar-refractivity contribution in [3.05, 3.63) is 11.4 Å². The van der Waals surface area contributed by atoms with Gasteiger partial charge in [-0.25, -0.2) is 0 Å². The Morgan fingerprint density at radius 3 is 2.00 bits per heavy atom. The minimum atomic E-state index is -0.674. The predicted octanol–water partition coefficient (Wildman–Crippen LogP) is 3.04. The highest BCUT2D eigenvalue weighted by Crippen LogP contribution is 2.19. The zero-order valence-corrected chi connectivity index (χ0v) is 11.5. The van der Waals surface area contributed by atoms with Gasteiger partial charge in [0, 0.05) is 12.6 Å². The predicted molar refractivity (Wildman–Crippen MR) is 64.8 cm³/mol. The Hall–Kier alpha value is -0.243. The first-order valence-electron chi connectivity index (χ1n) is 5.24. The number of rotatable bonds is 3. The van der Waals surface area contributed by atoms with Crippen molar-refractivity contribution in [2.24, 2.45) is 0 Å². The second kappa shape index (κ2) is 4.84. The van der Waals surface area contributed by atoms with Gasteiger partial charge in [-0.15, -0.1) is 0 Å². The third-order valence-corrected chi connectivity index (χ3v) is 4.20. The molecule has 0 aliphatic heterocycles. The van der Waals surface area contributed by atoms with Crippen LogP contribution < -0.4 is 0 Å². The Bertz CT molecular complexity index is 177. The summed E-state index contributed by atoms with van der Waals surface area (Å²) in [7, 11) is 1.54. The van der Waals surface area contributed by atoms with E-state index < -0.39 is 8.80 Å². The summed E-state index contributed by atoms with van der Waals surface area (Å²) >= 11 is 0. The smallest absolute Gasteiger partial charge is 0.0847 e. The van der Waals surface area contributed by atoms with Crippen LogP contribution in [0.2, 0.25) is 13.1 Å². The van der Waals surface area contributed by atoms with Gasteiger partial charge in [0.15, 0.2) is 0 Å². The van der Waals surface area contributed by atoms with E-state index in [2.05, 4.69) is 58.8 Å². The lowest BCUT2D eigenvalue weighted by atomic mass is 10.1. The minimum absolute atomic E-state index is 0.262. The highest BCUT2D eigenvalue weighted by molar-refractivity contribution is 6.63. The van der Waals surface area contributed by atoms with Gasteiger partial charge in [0.05, 0.1) is 8.80 Å². The van der Waals surface area contributed by atoms with Crippen LogP contribution in [0.4, 0.5) is 0 Å². The fourth-order valence-electron chi connectivity index (χ4n) is 1.36. The van der Waals surface area contributed by atoms with Crippen molar-refractivity contribution >= 4 is 8.80 Å². The molecule has 0 heterocycles. The molecule has 0 aliphatic carbocycles. The van der Waals surface area contributed by atoms with E-state index in [0.717, 1.165) is 6.42 Å². The number of hydrogen-bond donors (Lipinski definition) is 0. The maximum absolute atomic E-state index is 2.44. The average molecular weight is 199 g/mol. The average Bonchev–Trinajstić information content (AvgIpc) is 1.96. The summed E-state index contributed by atoms with van der Waals surface area (Å²) < 4.78 is 0. The molecule has 0 spiro atoms. The summed E-state index contributed by atoms with van der Waals surface area (Å²) in [5, 5.41) is 1.59. The molecule has 0 radical (unpaired) electrons. The van der Waals surface area contributed by atoms with Gasteiger partial charge in [0.2, 0.25) is 0 Å². The van der Waals surface area contributed by atoms with E-state index in [-0.39, 0.29) is 5.54 Å². The van der Waals surface area contributed by atoms with Crippen LogP contribution in [0.5, 0.6) is 0 Å². The summed E-state index contributed by atoms with van der Waals surface area (Å²) in [6.07, 6.45) is 3.54. The maximum Gasteiger partial charge on any atom is 0.0847 e. The number of nitrogens with zero attached hydrogens (tertiary/aromatic N) is 1. The highest BCUT2D eigenvalue weighted by Gasteiger charge is 2.20. The number of hydrogen-bond acceptors (Lipinski definition) is 1. The minimum Gasteiger partial charge on any atom is -0.377 e. The monoisotopic (exact) mass is 199 g/mol. The Labute approximate surface area is 85.4 Å². The first kappa shape index (κ1) is 12.8. The van der Waals surface area contributed by atoms with Gasteiger partial charge >= 0.3 is 0 Å². The molecule has 0 saturated heterocycles. The fraction of sp³-hybridized carbons (Fsp3) is 0.818. The van der Waals surface area contributed by atoms with Crippen molar-refractivity contribution in [2.45, 2.75) is 52.7 Å².